The molecule has 5 atom stereocenters. The molecule has 190 valence electrons. The number of carbonyl (C=O) groups is 2. The first kappa shape index (κ1) is 24.4. The first-order chi connectivity index (χ1) is 16.9. The molecule has 0 radical (unpaired) electrons. The molecule has 35 heavy (non-hydrogen) atoms. The number of aryl methyl sites for hydroxylation is 1. The van der Waals surface area contributed by atoms with Crippen molar-refractivity contribution in [2.45, 2.75) is 83.8 Å². The minimum absolute atomic E-state index is 0.000602. The molecule has 4 aliphatic heterocycles. The van der Waals surface area contributed by atoms with Crippen molar-refractivity contribution in [1.82, 2.24) is 19.8 Å². The number of fused-ring (bicyclic) bond motifs is 4. The summed E-state index contributed by atoms with van der Waals surface area (Å²) in [4.78, 5) is 41.1. The quantitative estimate of drug-likeness (QED) is 0.689. The first-order valence-corrected chi connectivity index (χ1v) is 13.6. The molecule has 0 saturated carbocycles. The monoisotopic (exact) mass is 480 g/mol. The third-order valence-corrected chi connectivity index (χ3v) is 9.01. The molecule has 0 bridgehead atoms. The molecular weight excluding hydrogens is 440 g/mol. The van der Waals surface area contributed by atoms with Crippen LogP contribution in [-0.2, 0) is 22.6 Å². The van der Waals surface area contributed by atoms with Crippen LogP contribution in [0.3, 0.4) is 0 Å². The number of hydrogen-bond acceptors (Lipinski definition) is 5. The molecule has 6 rings (SSSR count). The Kier molecular flexibility index (Phi) is 7.26. The standard InChI is InChI=1S/C14H16N2O2.C14H24N2O/c1-9(17)11-3-2-4-12-7-10-5-6-15-13(10)14(18)16(12)8-11;1-10(17)11-4-6-16-9-12-3-2-5-15-14(12)8-13(16)7-11/h5-7,11,15H,2-4,8H2,1H3;11-15H,2-9H2,1H3. The lowest BCUT2D eigenvalue weighted by Gasteiger charge is -2.49. The number of aromatic amines is 1. The van der Waals surface area contributed by atoms with E-state index in [0.717, 1.165) is 61.7 Å². The number of nitrogens with zero attached hydrogens (tertiary/aromatic N) is 2. The average molecular weight is 481 g/mol. The van der Waals surface area contributed by atoms with E-state index in [1.807, 2.05) is 6.07 Å². The number of aromatic nitrogens is 2. The predicted octanol–water partition coefficient (Wildman–Crippen LogP) is 3.30. The van der Waals surface area contributed by atoms with Gasteiger partial charge in [-0.25, -0.2) is 0 Å². The molecule has 0 spiro atoms. The fraction of sp³-hybridized carbons (Fsp3) is 0.679. The van der Waals surface area contributed by atoms with E-state index < -0.39 is 0 Å². The number of carbonyl (C=O) groups excluding carboxylic acids is 2. The Bertz CT molecular complexity index is 1130. The van der Waals surface area contributed by atoms with Crippen molar-refractivity contribution in [2.24, 2.45) is 17.8 Å². The van der Waals surface area contributed by atoms with Crippen molar-refractivity contribution in [3.63, 3.8) is 0 Å². The molecule has 2 aromatic heterocycles. The third kappa shape index (κ3) is 5.17. The van der Waals surface area contributed by atoms with Crippen LogP contribution in [0.1, 0.15) is 64.5 Å². The Morgan fingerprint density at radius 1 is 1.00 bits per heavy atom. The van der Waals surface area contributed by atoms with E-state index in [9.17, 15) is 14.4 Å². The highest BCUT2D eigenvalue weighted by atomic mass is 16.1. The molecule has 4 aliphatic rings. The number of rotatable bonds is 2. The van der Waals surface area contributed by atoms with Crippen LogP contribution in [0.25, 0.3) is 10.9 Å². The minimum atomic E-state index is -0.0173. The molecule has 0 aliphatic carbocycles. The van der Waals surface area contributed by atoms with Gasteiger partial charge in [0.15, 0.2) is 0 Å². The highest BCUT2D eigenvalue weighted by Crippen LogP contribution is 2.35. The van der Waals surface area contributed by atoms with Crippen molar-refractivity contribution in [2.75, 3.05) is 19.6 Å². The summed E-state index contributed by atoms with van der Waals surface area (Å²) in [6.45, 7) is 7.53. The van der Waals surface area contributed by atoms with Crippen LogP contribution in [0, 0.1) is 17.8 Å². The van der Waals surface area contributed by atoms with Gasteiger partial charge in [0.05, 0.1) is 0 Å². The Morgan fingerprint density at radius 2 is 1.83 bits per heavy atom. The maximum Gasteiger partial charge on any atom is 0.275 e. The van der Waals surface area contributed by atoms with E-state index in [1.165, 1.54) is 32.4 Å². The van der Waals surface area contributed by atoms with E-state index in [1.54, 1.807) is 24.6 Å². The molecule has 6 heterocycles. The van der Waals surface area contributed by atoms with Gasteiger partial charge in [-0.3, -0.25) is 19.3 Å². The summed E-state index contributed by atoms with van der Waals surface area (Å²) < 4.78 is 1.78. The summed E-state index contributed by atoms with van der Waals surface area (Å²) in [7, 11) is 0. The molecule has 0 amide bonds. The third-order valence-electron chi connectivity index (χ3n) is 9.01. The molecule has 2 aromatic rings. The van der Waals surface area contributed by atoms with Gasteiger partial charge in [-0.1, -0.05) is 0 Å². The average Bonchev–Trinajstić information content (AvgIpc) is 3.21. The first-order valence-electron chi connectivity index (χ1n) is 13.6. The van der Waals surface area contributed by atoms with Gasteiger partial charge in [0.25, 0.3) is 5.56 Å². The summed E-state index contributed by atoms with van der Waals surface area (Å²) in [6, 6.07) is 5.39. The zero-order valence-electron chi connectivity index (χ0n) is 21.2. The number of H-pyrrole nitrogens is 1. The maximum absolute atomic E-state index is 12.4. The normalized spacial score (nSPS) is 30.7. The highest BCUT2D eigenvalue weighted by molar-refractivity contribution is 5.80. The van der Waals surface area contributed by atoms with Gasteiger partial charge < -0.3 is 14.9 Å². The predicted molar refractivity (Wildman–Crippen MR) is 138 cm³/mol. The lowest BCUT2D eigenvalue weighted by Crippen LogP contribution is -2.58. The Balaban J connectivity index is 0.000000145. The van der Waals surface area contributed by atoms with E-state index in [4.69, 9.17) is 0 Å². The smallest absolute Gasteiger partial charge is 0.275 e. The largest absolute Gasteiger partial charge is 0.357 e. The van der Waals surface area contributed by atoms with Crippen LogP contribution < -0.4 is 10.9 Å². The van der Waals surface area contributed by atoms with E-state index >= 15 is 0 Å². The maximum atomic E-state index is 12.4. The minimum Gasteiger partial charge on any atom is -0.357 e. The fourth-order valence-corrected chi connectivity index (χ4v) is 6.85. The van der Waals surface area contributed by atoms with Gasteiger partial charge >= 0.3 is 0 Å². The number of ketones is 2. The Labute approximate surface area is 207 Å². The van der Waals surface area contributed by atoms with Crippen LogP contribution in [0.15, 0.2) is 23.1 Å². The van der Waals surface area contributed by atoms with E-state index in [2.05, 4.69) is 21.3 Å². The summed E-state index contributed by atoms with van der Waals surface area (Å²) >= 11 is 0. The summed E-state index contributed by atoms with van der Waals surface area (Å²) in [5.41, 5.74) is 1.69. The van der Waals surface area contributed by atoms with Crippen LogP contribution >= 0.6 is 0 Å². The SMILES string of the molecule is CC(=O)C1CCCc2cc3cc[nH]c3c(=O)n2C1.CC(=O)C1CCN2CC3CCCNC3CC2C1. The summed E-state index contributed by atoms with van der Waals surface area (Å²) in [6.07, 6.45) is 10.7. The van der Waals surface area contributed by atoms with Crippen molar-refractivity contribution in [3.8, 4) is 0 Å². The van der Waals surface area contributed by atoms with Gasteiger partial charge in [-0.2, -0.15) is 0 Å². The Hall–Kier alpha value is -2.25. The zero-order chi connectivity index (χ0) is 24.5. The van der Waals surface area contributed by atoms with Crippen molar-refractivity contribution >= 4 is 22.5 Å². The lowest BCUT2D eigenvalue weighted by molar-refractivity contribution is -0.123. The number of nitrogens with one attached hydrogen (secondary N) is 2. The number of hydrogen-bond donors (Lipinski definition) is 2. The molecule has 0 aromatic carbocycles. The molecule has 5 unspecified atom stereocenters. The van der Waals surface area contributed by atoms with Crippen LogP contribution in [-0.4, -0.2) is 57.7 Å². The van der Waals surface area contributed by atoms with Gasteiger partial charge in [0, 0.05) is 54.3 Å². The van der Waals surface area contributed by atoms with Gasteiger partial charge in [0.1, 0.15) is 17.1 Å². The molecule has 3 saturated heterocycles. The van der Waals surface area contributed by atoms with E-state index in [-0.39, 0.29) is 17.3 Å². The molecule has 3 fully saturated rings. The summed E-state index contributed by atoms with van der Waals surface area (Å²) in [5.74, 6) is 1.78. The number of pyridine rings is 1. The van der Waals surface area contributed by atoms with Crippen molar-refractivity contribution in [1.29, 1.82) is 0 Å². The van der Waals surface area contributed by atoms with Gasteiger partial charge in [-0.05, 0) is 96.4 Å². The lowest BCUT2D eigenvalue weighted by atomic mass is 9.76. The number of Topliss-reactive ketones (excluding diaryl/α,β-unsaturated/α-hetero) is 2. The topological polar surface area (TPSA) is 87.2 Å². The molecule has 7 heteroatoms. The zero-order valence-corrected chi connectivity index (χ0v) is 21.2. The van der Waals surface area contributed by atoms with Crippen molar-refractivity contribution < 1.29 is 9.59 Å². The fourth-order valence-electron chi connectivity index (χ4n) is 6.85. The van der Waals surface area contributed by atoms with Crippen LogP contribution in [0.2, 0.25) is 0 Å². The van der Waals surface area contributed by atoms with Crippen molar-refractivity contribution in [3.05, 3.63) is 34.4 Å². The molecule has 2 N–H and O–H groups in total. The summed E-state index contributed by atoms with van der Waals surface area (Å²) in [5, 5.41) is 4.65. The molecular formula is C28H40N4O3. The number of piperidine rings is 3. The highest BCUT2D eigenvalue weighted by Gasteiger charge is 2.40. The second-order valence-electron chi connectivity index (χ2n) is 11.2. The second kappa shape index (κ2) is 10.4. The van der Waals surface area contributed by atoms with E-state index in [0.29, 0.717) is 29.8 Å². The van der Waals surface area contributed by atoms with Crippen LogP contribution in [0.4, 0.5) is 0 Å². The second-order valence-corrected chi connectivity index (χ2v) is 11.2. The van der Waals surface area contributed by atoms with Gasteiger partial charge in [-0.15, -0.1) is 0 Å². The van der Waals surface area contributed by atoms with Crippen LogP contribution in [0.5, 0.6) is 0 Å². The Morgan fingerprint density at radius 3 is 2.63 bits per heavy atom. The van der Waals surface area contributed by atoms with Gasteiger partial charge in [0.2, 0.25) is 0 Å². The molecule has 7 nitrogen and oxygen atoms in total.